The molecule has 16 heavy (non-hydrogen) atoms. The number of nitrogens with zero attached hydrogens (tertiary/aromatic N) is 1. The zero-order valence-electron chi connectivity index (χ0n) is 9.78. The van der Waals surface area contributed by atoms with Crippen molar-refractivity contribution in [3.63, 3.8) is 0 Å². The van der Waals surface area contributed by atoms with Gasteiger partial charge in [0.2, 0.25) is 0 Å². The Labute approximate surface area is 102 Å². The van der Waals surface area contributed by atoms with Crippen molar-refractivity contribution in [3.8, 4) is 0 Å². The third kappa shape index (κ3) is 2.38. The number of thioether (sulfide) groups is 1. The second kappa shape index (κ2) is 5.41. The molecule has 0 unspecified atom stereocenters. The van der Waals surface area contributed by atoms with Crippen LogP contribution in [0.1, 0.15) is 38.5 Å². The smallest absolute Gasteiger partial charge is 0.324 e. The van der Waals surface area contributed by atoms with Gasteiger partial charge in [-0.2, -0.15) is 11.8 Å². The van der Waals surface area contributed by atoms with E-state index in [1.54, 1.807) is 0 Å². The zero-order chi connectivity index (χ0) is 11.4. The SMILES string of the molecule is O=C(O)C1(N2CCCSCC2)CCCCC1. The maximum atomic E-state index is 11.6. The van der Waals surface area contributed by atoms with Gasteiger partial charge in [0.25, 0.3) is 0 Å². The third-order valence-corrected chi connectivity index (χ3v) is 4.95. The maximum absolute atomic E-state index is 11.6. The topological polar surface area (TPSA) is 40.5 Å². The molecule has 0 spiro atoms. The van der Waals surface area contributed by atoms with Crippen molar-refractivity contribution in [1.29, 1.82) is 0 Å². The Morgan fingerprint density at radius 3 is 2.50 bits per heavy atom. The summed E-state index contributed by atoms with van der Waals surface area (Å²) >= 11 is 1.96. The van der Waals surface area contributed by atoms with Crippen LogP contribution in [0.15, 0.2) is 0 Å². The highest BCUT2D eigenvalue weighted by molar-refractivity contribution is 7.99. The number of rotatable bonds is 2. The van der Waals surface area contributed by atoms with Gasteiger partial charge in [0.15, 0.2) is 0 Å². The average molecular weight is 243 g/mol. The van der Waals surface area contributed by atoms with E-state index in [0.717, 1.165) is 50.9 Å². The van der Waals surface area contributed by atoms with E-state index in [4.69, 9.17) is 0 Å². The van der Waals surface area contributed by atoms with E-state index in [0.29, 0.717) is 0 Å². The van der Waals surface area contributed by atoms with Crippen LogP contribution in [-0.2, 0) is 4.79 Å². The Morgan fingerprint density at radius 2 is 1.81 bits per heavy atom. The minimum absolute atomic E-state index is 0.525. The Balaban J connectivity index is 2.12. The van der Waals surface area contributed by atoms with E-state index in [1.165, 1.54) is 12.2 Å². The summed E-state index contributed by atoms with van der Waals surface area (Å²) in [4.78, 5) is 13.9. The van der Waals surface area contributed by atoms with Crippen LogP contribution in [0.4, 0.5) is 0 Å². The van der Waals surface area contributed by atoms with E-state index in [1.807, 2.05) is 11.8 Å². The van der Waals surface area contributed by atoms with E-state index >= 15 is 0 Å². The first-order chi connectivity index (χ1) is 7.76. The highest BCUT2D eigenvalue weighted by Gasteiger charge is 2.44. The van der Waals surface area contributed by atoms with Crippen LogP contribution in [0, 0.1) is 0 Å². The van der Waals surface area contributed by atoms with Crippen molar-refractivity contribution < 1.29 is 9.90 Å². The molecule has 1 aliphatic heterocycles. The highest BCUT2D eigenvalue weighted by atomic mass is 32.2. The Bertz CT molecular complexity index is 243. The van der Waals surface area contributed by atoms with Crippen molar-refractivity contribution in [2.75, 3.05) is 24.6 Å². The molecule has 0 radical (unpaired) electrons. The minimum atomic E-state index is -0.584. The van der Waals surface area contributed by atoms with Gasteiger partial charge in [0.05, 0.1) is 0 Å². The molecule has 0 amide bonds. The van der Waals surface area contributed by atoms with Gasteiger partial charge in [-0.3, -0.25) is 9.69 Å². The number of carboxylic acid groups (broad SMARTS) is 1. The largest absolute Gasteiger partial charge is 0.480 e. The van der Waals surface area contributed by atoms with Crippen molar-refractivity contribution in [2.24, 2.45) is 0 Å². The molecule has 1 heterocycles. The van der Waals surface area contributed by atoms with Gasteiger partial charge in [-0.05, 0) is 25.0 Å². The summed E-state index contributed by atoms with van der Waals surface area (Å²) in [7, 11) is 0. The Hall–Kier alpha value is -0.220. The van der Waals surface area contributed by atoms with Gasteiger partial charge < -0.3 is 5.11 Å². The highest BCUT2D eigenvalue weighted by Crippen LogP contribution is 2.35. The van der Waals surface area contributed by atoms with Crippen molar-refractivity contribution in [1.82, 2.24) is 4.90 Å². The molecule has 1 aliphatic carbocycles. The number of aliphatic carboxylic acids is 1. The van der Waals surface area contributed by atoms with Crippen LogP contribution in [0.5, 0.6) is 0 Å². The summed E-state index contributed by atoms with van der Waals surface area (Å²) in [6, 6.07) is 0. The van der Waals surface area contributed by atoms with Crippen LogP contribution in [-0.4, -0.2) is 46.1 Å². The number of hydrogen-bond acceptors (Lipinski definition) is 3. The average Bonchev–Trinajstić information content (AvgIpc) is 2.58. The molecule has 2 fully saturated rings. The summed E-state index contributed by atoms with van der Waals surface area (Å²) < 4.78 is 0. The van der Waals surface area contributed by atoms with Crippen LogP contribution in [0.2, 0.25) is 0 Å². The predicted octanol–water partition coefficient (Wildman–Crippen LogP) is 2.21. The standard InChI is InChI=1S/C12H21NO2S/c14-11(15)12(5-2-1-3-6-12)13-7-4-9-16-10-8-13/h1-10H2,(H,14,15). The molecular weight excluding hydrogens is 222 g/mol. The van der Waals surface area contributed by atoms with Gasteiger partial charge in [-0.25, -0.2) is 0 Å². The molecule has 0 aromatic heterocycles. The monoisotopic (exact) mass is 243 g/mol. The summed E-state index contributed by atoms with van der Waals surface area (Å²) in [6.45, 7) is 1.93. The van der Waals surface area contributed by atoms with Gasteiger partial charge in [-0.15, -0.1) is 0 Å². The van der Waals surface area contributed by atoms with Crippen LogP contribution in [0.3, 0.4) is 0 Å². The number of hydrogen-bond donors (Lipinski definition) is 1. The molecule has 4 heteroatoms. The molecule has 2 aliphatic rings. The predicted molar refractivity (Wildman–Crippen MR) is 67.0 cm³/mol. The van der Waals surface area contributed by atoms with E-state index in [-0.39, 0.29) is 0 Å². The van der Waals surface area contributed by atoms with Crippen LogP contribution in [0.25, 0.3) is 0 Å². The molecule has 0 bridgehead atoms. The van der Waals surface area contributed by atoms with Gasteiger partial charge in [0.1, 0.15) is 5.54 Å². The second-order valence-electron chi connectivity index (χ2n) is 4.85. The van der Waals surface area contributed by atoms with Crippen molar-refractivity contribution >= 4 is 17.7 Å². The third-order valence-electron chi connectivity index (χ3n) is 3.91. The van der Waals surface area contributed by atoms with Gasteiger partial charge >= 0.3 is 5.97 Å². The lowest BCUT2D eigenvalue weighted by molar-refractivity contribution is -0.154. The molecule has 1 saturated heterocycles. The second-order valence-corrected chi connectivity index (χ2v) is 6.08. The molecule has 0 aromatic carbocycles. The summed E-state index contributed by atoms with van der Waals surface area (Å²) in [6.07, 6.45) is 6.21. The quantitative estimate of drug-likeness (QED) is 0.807. The molecule has 92 valence electrons. The Kier molecular flexibility index (Phi) is 4.14. The van der Waals surface area contributed by atoms with Crippen molar-refractivity contribution in [2.45, 2.75) is 44.1 Å². The lowest BCUT2D eigenvalue weighted by Gasteiger charge is -2.42. The molecule has 0 atom stereocenters. The molecule has 3 nitrogen and oxygen atoms in total. The zero-order valence-corrected chi connectivity index (χ0v) is 10.6. The van der Waals surface area contributed by atoms with Gasteiger partial charge in [-0.1, -0.05) is 19.3 Å². The van der Waals surface area contributed by atoms with Gasteiger partial charge in [0, 0.05) is 18.8 Å². The fraction of sp³-hybridized carbons (Fsp3) is 0.917. The summed E-state index contributed by atoms with van der Waals surface area (Å²) in [5.74, 6) is 1.69. The van der Waals surface area contributed by atoms with E-state index in [9.17, 15) is 9.90 Å². The van der Waals surface area contributed by atoms with E-state index in [2.05, 4.69) is 4.90 Å². The fourth-order valence-electron chi connectivity index (χ4n) is 2.98. The lowest BCUT2D eigenvalue weighted by Crippen LogP contribution is -2.56. The summed E-state index contributed by atoms with van der Waals surface area (Å²) in [5.41, 5.74) is -0.525. The van der Waals surface area contributed by atoms with Crippen molar-refractivity contribution in [3.05, 3.63) is 0 Å². The lowest BCUT2D eigenvalue weighted by atomic mass is 9.80. The first-order valence-electron chi connectivity index (χ1n) is 6.32. The van der Waals surface area contributed by atoms with E-state index < -0.39 is 11.5 Å². The van der Waals surface area contributed by atoms with Crippen LogP contribution < -0.4 is 0 Å². The normalized spacial score (nSPS) is 27.2. The fourth-order valence-corrected chi connectivity index (χ4v) is 3.86. The molecule has 1 saturated carbocycles. The molecule has 0 aromatic rings. The number of carbonyl (C=O) groups is 1. The minimum Gasteiger partial charge on any atom is -0.480 e. The molecule has 1 N–H and O–H groups in total. The first kappa shape index (κ1) is 12.2. The Morgan fingerprint density at radius 1 is 1.06 bits per heavy atom. The first-order valence-corrected chi connectivity index (χ1v) is 7.47. The van der Waals surface area contributed by atoms with Crippen LogP contribution >= 0.6 is 11.8 Å². The number of carboxylic acids is 1. The maximum Gasteiger partial charge on any atom is 0.324 e. The molecular formula is C12H21NO2S. The molecule has 2 rings (SSSR count). The summed E-state index contributed by atoms with van der Waals surface area (Å²) in [5, 5.41) is 9.58.